The minimum Gasteiger partial charge on any atom is -0.339 e. The Hall–Kier alpha value is -3.22. The number of hydrogen-bond acceptors (Lipinski definition) is 4. The number of rotatable bonds is 4. The van der Waals surface area contributed by atoms with Gasteiger partial charge in [0.25, 0.3) is 11.8 Å². The zero-order valence-electron chi connectivity index (χ0n) is 17.0. The van der Waals surface area contributed by atoms with Gasteiger partial charge in [0.1, 0.15) is 5.69 Å². The van der Waals surface area contributed by atoms with E-state index in [2.05, 4.69) is 24.1 Å². The fourth-order valence-corrected chi connectivity index (χ4v) is 3.24. The first-order valence-corrected chi connectivity index (χ1v) is 9.77. The summed E-state index contributed by atoms with van der Waals surface area (Å²) >= 11 is 0. The third-order valence-corrected chi connectivity index (χ3v) is 5.09. The Balaban J connectivity index is 1.66. The molecular weight excluding hydrogens is 368 g/mol. The van der Waals surface area contributed by atoms with E-state index in [9.17, 15) is 14.4 Å². The molecule has 0 atom stereocenters. The number of piperazine rings is 1. The van der Waals surface area contributed by atoms with Crippen LogP contribution >= 0.6 is 0 Å². The van der Waals surface area contributed by atoms with Crippen molar-refractivity contribution < 1.29 is 14.4 Å². The molecule has 7 heteroatoms. The first-order chi connectivity index (χ1) is 13.8. The van der Waals surface area contributed by atoms with Crippen molar-refractivity contribution in [1.82, 2.24) is 14.8 Å². The number of carbonyl (C=O) groups is 3. The van der Waals surface area contributed by atoms with Crippen LogP contribution in [-0.4, -0.2) is 58.7 Å². The van der Waals surface area contributed by atoms with Gasteiger partial charge in [0.2, 0.25) is 5.91 Å². The summed E-state index contributed by atoms with van der Waals surface area (Å²) in [6.07, 6.45) is 1.47. The highest BCUT2D eigenvalue weighted by Gasteiger charge is 2.24. The maximum absolute atomic E-state index is 12.8. The number of hydrogen-bond donors (Lipinski definition) is 1. The molecule has 2 heterocycles. The lowest BCUT2D eigenvalue weighted by molar-refractivity contribution is -0.130. The molecule has 0 aliphatic carbocycles. The molecule has 1 aliphatic rings. The van der Waals surface area contributed by atoms with E-state index in [1.54, 1.807) is 15.9 Å². The lowest BCUT2D eigenvalue weighted by Crippen LogP contribution is -2.50. The van der Waals surface area contributed by atoms with Crippen LogP contribution in [0.15, 0.2) is 42.6 Å². The van der Waals surface area contributed by atoms with E-state index in [4.69, 9.17) is 0 Å². The molecule has 1 aromatic heterocycles. The second kappa shape index (κ2) is 8.86. The van der Waals surface area contributed by atoms with Gasteiger partial charge in [-0.15, -0.1) is 0 Å². The number of benzene rings is 1. The minimum atomic E-state index is -0.363. The molecule has 1 fully saturated rings. The quantitative estimate of drug-likeness (QED) is 0.864. The predicted octanol–water partition coefficient (Wildman–Crippen LogP) is 2.76. The highest BCUT2D eigenvalue weighted by molar-refractivity contribution is 6.04. The molecule has 152 valence electrons. The summed E-state index contributed by atoms with van der Waals surface area (Å²) in [5.41, 5.74) is 2.47. The number of carbonyl (C=O) groups excluding carboxylic acids is 3. The largest absolute Gasteiger partial charge is 0.339 e. The number of amides is 3. The van der Waals surface area contributed by atoms with E-state index in [-0.39, 0.29) is 23.4 Å². The molecule has 1 aliphatic heterocycles. The third kappa shape index (κ3) is 4.99. The molecule has 1 N–H and O–H groups in total. The highest BCUT2D eigenvalue weighted by atomic mass is 16.2. The summed E-state index contributed by atoms with van der Waals surface area (Å²) in [5, 5.41) is 2.82. The molecule has 3 amide bonds. The number of pyridine rings is 1. The number of nitrogens with one attached hydrogen (secondary N) is 1. The van der Waals surface area contributed by atoms with E-state index < -0.39 is 0 Å². The van der Waals surface area contributed by atoms with Crippen molar-refractivity contribution in [3.63, 3.8) is 0 Å². The van der Waals surface area contributed by atoms with Crippen molar-refractivity contribution >= 4 is 23.4 Å². The molecule has 7 nitrogen and oxygen atoms in total. The Kier molecular flexibility index (Phi) is 6.26. The van der Waals surface area contributed by atoms with Crippen LogP contribution in [0.3, 0.4) is 0 Å². The van der Waals surface area contributed by atoms with Gasteiger partial charge in [-0.3, -0.25) is 19.4 Å². The van der Waals surface area contributed by atoms with Crippen LogP contribution in [0, 0.1) is 0 Å². The predicted molar refractivity (Wildman–Crippen MR) is 111 cm³/mol. The van der Waals surface area contributed by atoms with Gasteiger partial charge in [0, 0.05) is 50.6 Å². The maximum atomic E-state index is 12.8. The Morgan fingerprint density at radius 2 is 1.59 bits per heavy atom. The van der Waals surface area contributed by atoms with Gasteiger partial charge in [-0.2, -0.15) is 0 Å². The SMILES string of the molecule is CC(=O)N1CCN(C(=O)c2ccnc(C(=O)Nc3ccc(C(C)C)cc3)c2)CC1. The summed E-state index contributed by atoms with van der Waals surface area (Å²) in [6, 6.07) is 10.8. The summed E-state index contributed by atoms with van der Waals surface area (Å²) in [5.74, 6) is -0.0906. The van der Waals surface area contributed by atoms with Crippen molar-refractivity contribution in [3.8, 4) is 0 Å². The van der Waals surface area contributed by atoms with Crippen LogP contribution in [0.2, 0.25) is 0 Å². The standard InChI is InChI=1S/C22H26N4O3/c1-15(2)17-4-6-19(7-5-17)24-21(28)20-14-18(8-9-23-20)22(29)26-12-10-25(11-13-26)16(3)27/h4-9,14-15H,10-13H2,1-3H3,(H,24,28). The average Bonchev–Trinajstić information content (AvgIpc) is 2.73. The van der Waals surface area contributed by atoms with Gasteiger partial charge < -0.3 is 15.1 Å². The summed E-state index contributed by atoms with van der Waals surface area (Å²) in [4.78, 5) is 44.3. The van der Waals surface area contributed by atoms with Crippen LogP contribution in [0.25, 0.3) is 0 Å². The lowest BCUT2D eigenvalue weighted by atomic mass is 10.0. The van der Waals surface area contributed by atoms with Crippen molar-refractivity contribution in [2.24, 2.45) is 0 Å². The first-order valence-electron chi connectivity index (χ1n) is 9.77. The monoisotopic (exact) mass is 394 g/mol. The van der Waals surface area contributed by atoms with Crippen molar-refractivity contribution in [3.05, 3.63) is 59.4 Å². The van der Waals surface area contributed by atoms with E-state index in [0.717, 1.165) is 0 Å². The Labute approximate surface area is 170 Å². The molecular formula is C22H26N4O3. The molecule has 2 aromatic rings. The van der Waals surface area contributed by atoms with Gasteiger partial charge in [0.15, 0.2) is 0 Å². The van der Waals surface area contributed by atoms with Gasteiger partial charge >= 0.3 is 0 Å². The normalized spacial score (nSPS) is 14.1. The van der Waals surface area contributed by atoms with Crippen molar-refractivity contribution in [2.45, 2.75) is 26.7 Å². The zero-order chi connectivity index (χ0) is 21.0. The smallest absolute Gasteiger partial charge is 0.274 e. The van der Waals surface area contributed by atoms with E-state index >= 15 is 0 Å². The van der Waals surface area contributed by atoms with Gasteiger partial charge in [-0.25, -0.2) is 0 Å². The molecule has 3 rings (SSSR count). The Bertz CT molecular complexity index is 901. The average molecular weight is 394 g/mol. The van der Waals surface area contributed by atoms with Crippen LogP contribution < -0.4 is 5.32 Å². The number of aromatic nitrogens is 1. The fourth-order valence-electron chi connectivity index (χ4n) is 3.24. The molecule has 0 radical (unpaired) electrons. The van der Waals surface area contributed by atoms with Crippen LogP contribution in [0.4, 0.5) is 5.69 Å². The highest BCUT2D eigenvalue weighted by Crippen LogP contribution is 2.18. The van der Waals surface area contributed by atoms with Crippen LogP contribution in [-0.2, 0) is 4.79 Å². The topological polar surface area (TPSA) is 82.6 Å². The van der Waals surface area contributed by atoms with E-state index in [1.807, 2.05) is 24.3 Å². The zero-order valence-corrected chi connectivity index (χ0v) is 17.0. The summed E-state index contributed by atoms with van der Waals surface area (Å²) in [6.45, 7) is 7.74. The Morgan fingerprint density at radius 3 is 2.17 bits per heavy atom. The van der Waals surface area contributed by atoms with Gasteiger partial charge in [-0.1, -0.05) is 26.0 Å². The third-order valence-electron chi connectivity index (χ3n) is 5.09. The first kappa shape index (κ1) is 20.5. The van der Waals surface area contributed by atoms with Crippen LogP contribution in [0.1, 0.15) is 53.1 Å². The summed E-state index contributed by atoms with van der Waals surface area (Å²) < 4.78 is 0. The molecule has 29 heavy (non-hydrogen) atoms. The molecule has 0 unspecified atom stereocenters. The molecule has 0 spiro atoms. The Morgan fingerprint density at radius 1 is 0.966 bits per heavy atom. The lowest BCUT2D eigenvalue weighted by Gasteiger charge is -2.34. The fraction of sp³-hybridized carbons (Fsp3) is 0.364. The van der Waals surface area contributed by atoms with Crippen molar-refractivity contribution in [1.29, 1.82) is 0 Å². The van der Waals surface area contributed by atoms with Gasteiger partial charge in [0.05, 0.1) is 0 Å². The van der Waals surface area contributed by atoms with E-state index in [0.29, 0.717) is 43.3 Å². The van der Waals surface area contributed by atoms with E-state index in [1.165, 1.54) is 24.8 Å². The molecule has 1 saturated heterocycles. The second-order valence-electron chi connectivity index (χ2n) is 7.46. The number of anilines is 1. The maximum Gasteiger partial charge on any atom is 0.274 e. The summed E-state index contributed by atoms with van der Waals surface area (Å²) in [7, 11) is 0. The van der Waals surface area contributed by atoms with Gasteiger partial charge in [-0.05, 0) is 35.7 Å². The molecule has 1 aromatic carbocycles. The second-order valence-corrected chi connectivity index (χ2v) is 7.46. The number of nitrogens with zero attached hydrogens (tertiary/aromatic N) is 3. The molecule has 0 saturated carbocycles. The molecule has 0 bridgehead atoms. The minimum absolute atomic E-state index is 0.0152. The van der Waals surface area contributed by atoms with Crippen LogP contribution in [0.5, 0.6) is 0 Å². The van der Waals surface area contributed by atoms with Crippen molar-refractivity contribution in [2.75, 3.05) is 31.5 Å².